The van der Waals surface area contributed by atoms with E-state index < -0.39 is 11.0 Å². The Balaban J connectivity index is 2.87. The van der Waals surface area contributed by atoms with E-state index in [0.29, 0.717) is 5.56 Å². The lowest BCUT2D eigenvalue weighted by atomic mass is 10.00. The van der Waals surface area contributed by atoms with Gasteiger partial charge in [-0.15, -0.1) is 0 Å². The standard InChI is InChI=1S/C14H18N2O4/c1-4-10(2)13(14(17)20-3)15-9-11-5-7-12(8-6-11)16(18)19/h5-10,13H,4H2,1-3H3/t10-,13-/m0/s1. The molecule has 1 rings (SSSR count). The van der Waals surface area contributed by atoms with Gasteiger partial charge in [-0.2, -0.15) is 0 Å². The highest BCUT2D eigenvalue weighted by Gasteiger charge is 2.23. The average molecular weight is 278 g/mol. The van der Waals surface area contributed by atoms with Gasteiger partial charge in [0.1, 0.15) is 6.04 Å². The van der Waals surface area contributed by atoms with Gasteiger partial charge in [-0.25, -0.2) is 4.79 Å². The van der Waals surface area contributed by atoms with E-state index in [9.17, 15) is 14.9 Å². The molecule has 0 heterocycles. The molecule has 2 atom stereocenters. The molecule has 0 spiro atoms. The molecule has 0 aliphatic heterocycles. The van der Waals surface area contributed by atoms with E-state index in [2.05, 4.69) is 4.99 Å². The summed E-state index contributed by atoms with van der Waals surface area (Å²) in [6, 6.07) is 5.43. The second-order valence-electron chi connectivity index (χ2n) is 4.48. The Morgan fingerprint density at radius 2 is 2.05 bits per heavy atom. The van der Waals surface area contributed by atoms with Gasteiger partial charge < -0.3 is 4.74 Å². The number of nitro groups is 1. The van der Waals surface area contributed by atoms with Crippen molar-refractivity contribution in [2.24, 2.45) is 10.9 Å². The van der Waals surface area contributed by atoms with Crippen LogP contribution >= 0.6 is 0 Å². The fraction of sp³-hybridized carbons (Fsp3) is 0.429. The average Bonchev–Trinajstić information content (AvgIpc) is 2.47. The molecular weight excluding hydrogens is 260 g/mol. The molecule has 0 aliphatic carbocycles. The Hall–Kier alpha value is -2.24. The maximum absolute atomic E-state index is 11.7. The van der Waals surface area contributed by atoms with Crippen LogP contribution in [0, 0.1) is 16.0 Å². The van der Waals surface area contributed by atoms with Crippen molar-refractivity contribution < 1.29 is 14.5 Å². The van der Waals surface area contributed by atoms with Gasteiger partial charge in [-0.05, 0) is 23.6 Å². The van der Waals surface area contributed by atoms with Crippen LogP contribution in [0.1, 0.15) is 25.8 Å². The Kier molecular flexibility index (Phi) is 5.83. The monoisotopic (exact) mass is 278 g/mol. The Morgan fingerprint density at radius 3 is 2.50 bits per heavy atom. The van der Waals surface area contributed by atoms with Crippen LogP contribution in [0.2, 0.25) is 0 Å². The highest BCUT2D eigenvalue weighted by Crippen LogP contribution is 2.14. The fourth-order valence-corrected chi connectivity index (χ4v) is 1.63. The van der Waals surface area contributed by atoms with E-state index in [4.69, 9.17) is 4.74 Å². The van der Waals surface area contributed by atoms with E-state index >= 15 is 0 Å². The largest absolute Gasteiger partial charge is 0.467 e. The molecule has 20 heavy (non-hydrogen) atoms. The van der Waals surface area contributed by atoms with E-state index in [1.807, 2.05) is 13.8 Å². The third-order valence-corrected chi connectivity index (χ3v) is 3.11. The van der Waals surface area contributed by atoms with Crippen molar-refractivity contribution in [2.75, 3.05) is 7.11 Å². The van der Waals surface area contributed by atoms with Gasteiger partial charge in [-0.1, -0.05) is 20.3 Å². The zero-order valence-electron chi connectivity index (χ0n) is 11.8. The molecule has 0 aliphatic rings. The molecule has 0 unspecified atom stereocenters. The third-order valence-electron chi connectivity index (χ3n) is 3.11. The van der Waals surface area contributed by atoms with Crippen molar-refractivity contribution in [1.82, 2.24) is 0 Å². The minimum Gasteiger partial charge on any atom is -0.467 e. The number of non-ortho nitro benzene ring substituents is 1. The smallest absolute Gasteiger partial charge is 0.330 e. The minimum absolute atomic E-state index is 0.0218. The summed E-state index contributed by atoms with van der Waals surface area (Å²) in [7, 11) is 1.33. The number of ether oxygens (including phenoxy) is 1. The molecule has 0 bridgehead atoms. The summed E-state index contributed by atoms with van der Waals surface area (Å²) >= 11 is 0. The number of rotatable bonds is 6. The molecule has 0 aromatic heterocycles. The van der Waals surface area contributed by atoms with Crippen molar-refractivity contribution >= 4 is 17.9 Å². The number of benzene rings is 1. The predicted molar refractivity (Wildman–Crippen MR) is 75.9 cm³/mol. The van der Waals surface area contributed by atoms with Gasteiger partial charge in [0.05, 0.1) is 12.0 Å². The van der Waals surface area contributed by atoms with Crippen LogP contribution in [-0.4, -0.2) is 30.3 Å². The number of nitrogens with zero attached hydrogens (tertiary/aromatic N) is 2. The normalized spacial score (nSPS) is 13.9. The van der Waals surface area contributed by atoms with Crippen LogP contribution in [0.4, 0.5) is 5.69 Å². The molecule has 0 radical (unpaired) electrons. The van der Waals surface area contributed by atoms with Crippen molar-refractivity contribution in [1.29, 1.82) is 0 Å². The summed E-state index contributed by atoms with van der Waals surface area (Å²) in [6.07, 6.45) is 2.34. The van der Waals surface area contributed by atoms with Crippen LogP contribution in [0.5, 0.6) is 0 Å². The molecule has 6 nitrogen and oxygen atoms in total. The van der Waals surface area contributed by atoms with E-state index in [1.54, 1.807) is 12.1 Å². The first kappa shape index (κ1) is 15.8. The van der Waals surface area contributed by atoms with E-state index in [-0.39, 0.29) is 17.6 Å². The lowest BCUT2D eigenvalue weighted by molar-refractivity contribution is -0.384. The van der Waals surface area contributed by atoms with Crippen molar-refractivity contribution in [3.05, 3.63) is 39.9 Å². The third kappa shape index (κ3) is 4.15. The molecule has 6 heteroatoms. The summed E-state index contributed by atoms with van der Waals surface area (Å²) in [5.74, 6) is -0.311. The van der Waals surface area contributed by atoms with Crippen LogP contribution in [0.25, 0.3) is 0 Å². The highest BCUT2D eigenvalue weighted by atomic mass is 16.6. The van der Waals surface area contributed by atoms with Crippen molar-refractivity contribution in [3.8, 4) is 0 Å². The maximum atomic E-state index is 11.7. The summed E-state index contributed by atoms with van der Waals surface area (Å²) in [6.45, 7) is 3.90. The van der Waals surface area contributed by atoms with Gasteiger partial charge in [0, 0.05) is 18.3 Å². The van der Waals surface area contributed by atoms with Crippen LogP contribution in [0.15, 0.2) is 29.3 Å². The van der Waals surface area contributed by atoms with Crippen LogP contribution in [-0.2, 0) is 9.53 Å². The Bertz CT molecular complexity index is 496. The van der Waals surface area contributed by atoms with Crippen molar-refractivity contribution in [2.45, 2.75) is 26.3 Å². The summed E-state index contributed by atoms with van der Waals surface area (Å²) < 4.78 is 4.73. The lowest BCUT2D eigenvalue weighted by Gasteiger charge is -2.16. The molecule has 0 N–H and O–H groups in total. The molecule has 1 aromatic rings. The van der Waals surface area contributed by atoms with Gasteiger partial charge in [0.2, 0.25) is 0 Å². The predicted octanol–water partition coefficient (Wildman–Crippen LogP) is 2.60. The van der Waals surface area contributed by atoms with Crippen LogP contribution in [0.3, 0.4) is 0 Å². The topological polar surface area (TPSA) is 81.8 Å². The number of hydrogen-bond donors (Lipinski definition) is 0. The van der Waals surface area contributed by atoms with Gasteiger partial charge in [0.15, 0.2) is 0 Å². The minimum atomic E-state index is -0.555. The number of methoxy groups -OCH3 is 1. The molecule has 0 saturated carbocycles. The summed E-state index contributed by atoms with van der Waals surface area (Å²) in [5, 5.41) is 10.5. The molecule has 0 saturated heterocycles. The molecule has 108 valence electrons. The van der Waals surface area contributed by atoms with Gasteiger partial charge in [0.25, 0.3) is 5.69 Å². The SMILES string of the molecule is CC[C@H](C)[C@H](N=Cc1ccc([N+](=O)[O-])cc1)C(=O)OC. The zero-order valence-corrected chi connectivity index (χ0v) is 11.8. The maximum Gasteiger partial charge on any atom is 0.330 e. The number of carbonyl (C=O) groups is 1. The van der Waals surface area contributed by atoms with E-state index in [1.165, 1.54) is 25.5 Å². The number of aliphatic imine (C=N–C) groups is 1. The molecule has 0 fully saturated rings. The second kappa shape index (κ2) is 7.37. The Morgan fingerprint density at radius 1 is 1.45 bits per heavy atom. The highest BCUT2D eigenvalue weighted by molar-refractivity contribution is 5.84. The molecule has 1 aromatic carbocycles. The number of esters is 1. The van der Waals surface area contributed by atoms with E-state index in [0.717, 1.165) is 6.42 Å². The summed E-state index contributed by atoms with van der Waals surface area (Å²) in [5.41, 5.74) is 0.724. The quantitative estimate of drug-likeness (QED) is 0.346. The number of carbonyl (C=O) groups excluding carboxylic acids is 1. The fourth-order valence-electron chi connectivity index (χ4n) is 1.63. The second-order valence-corrected chi connectivity index (χ2v) is 4.48. The first-order chi connectivity index (χ1) is 9.49. The molecule has 0 amide bonds. The number of hydrogen-bond acceptors (Lipinski definition) is 5. The zero-order chi connectivity index (χ0) is 15.1. The lowest BCUT2D eigenvalue weighted by Crippen LogP contribution is -2.27. The first-order valence-corrected chi connectivity index (χ1v) is 6.35. The summed E-state index contributed by atoms with van der Waals surface area (Å²) in [4.78, 5) is 26.0. The Labute approximate surface area is 117 Å². The molecular formula is C14H18N2O4. The van der Waals surface area contributed by atoms with Crippen LogP contribution < -0.4 is 0 Å². The van der Waals surface area contributed by atoms with Crippen molar-refractivity contribution in [3.63, 3.8) is 0 Å². The van der Waals surface area contributed by atoms with Gasteiger partial charge >= 0.3 is 5.97 Å². The van der Waals surface area contributed by atoms with Gasteiger partial charge in [-0.3, -0.25) is 15.1 Å². The first-order valence-electron chi connectivity index (χ1n) is 6.35. The number of nitro benzene ring substituents is 1.